The minimum atomic E-state index is 0. The molecule has 3 N–H and O–H groups in total. The first-order valence-corrected chi connectivity index (χ1v) is 3.98. The van der Waals surface area contributed by atoms with Crippen molar-refractivity contribution in [3.05, 3.63) is 17.7 Å². The summed E-state index contributed by atoms with van der Waals surface area (Å²) in [4.78, 5) is 7.45. The van der Waals surface area contributed by atoms with E-state index in [4.69, 9.17) is 5.73 Å². The summed E-state index contributed by atoms with van der Waals surface area (Å²) < 4.78 is 0. The number of hydrogen-bond donors (Lipinski definition) is 2. The number of nitrogens with one attached hydrogen (secondary N) is 1. The molecule has 1 aromatic heterocycles. The van der Waals surface area contributed by atoms with Crippen LogP contribution in [0.25, 0.3) is 0 Å². The van der Waals surface area contributed by atoms with Gasteiger partial charge in [0.25, 0.3) is 0 Å². The van der Waals surface area contributed by atoms with Crippen molar-refractivity contribution in [2.75, 3.05) is 6.54 Å². The molecule has 0 saturated carbocycles. The standard InChI is InChI=1S/C8H15N3.2ClH/c1-6(2)8-10-5-7(11-8)3-4-9;;/h5-6H,3-4,9H2,1-2H3,(H,10,11);2*1H. The van der Waals surface area contributed by atoms with Crippen molar-refractivity contribution in [2.45, 2.75) is 26.2 Å². The second-order valence-corrected chi connectivity index (χ2v) is 2.99. The van der Waals surface area contributed by atoms with Gasteiger partial charge < -0.3 is 10.7 Å². The van der Waals surface area contributed by atoms with Crippen LogP contribution in [0.5, 0.6) is 0 Å². The van der Waals surface area contributed by atoms with Crippen LogP contribution >= 0.6 is 24.8 Å². The topological polar surface area (TPSA) is 54.7 Å². The fourth-order valence-electron chi connectivity index (χ4n) is 0.952. The van der Waals surface area contributed by atoms with Gasteiger partial charge in [0, 0.05) is 24.2 Å². The zero-order chi connectivity index (χ0) is 8.27. The van der Waals surface area contributed by atoms with Gasteiger partial charge in [0.15, 0.2) is 0 Å². The molecule has 13 heavy (non-hydrogen) atoms. The van der Waals surface area contributed by atoms with Crippen molar-refractivity contribution in [3.8, 4) is 0 Å². The fourth-order valence-corrected chi connectivity index (χ4v) is 0.952. The van der Waals surface area contributed by atoms with Crippen molar-refractivity contribution < 1.29 is 0 Å². The lowest BCUT2D eigenvalue weighted by atomic mass is 10.2. The molecule has 3 nitrogen and oxygen atoms in total. The molecule has 78 valence electrons. The number of aromatic amines is 1. The molecule has 0 aliphatic heterocycles. The Balaban J connectivity index is 0. The molecule has 1 rings (SSSR count). The number of aromatic nitrogens is 2. The highest BCUT2D eigenvalue weighted by molar-refractivity contribution is 5.85. The van der Waals surface area contributed by atoms with E-state index in [1.54, 1.807) is 0 Å². The Morgan fingerprint density at radius 3 is 2.46 bits per heavy atom. The summed E-state index contributed by atoms with van der Waals surface area (Å²) in [5.74, 6) is 1.52. The minimum absolute atomic E-state index is 0. The fraction of sp³-hybridized carbons (Fsp3) is 0.625. The van der Waals surface area contributed by atoms with Gasteiger partial charge in [-0.05, 0) is 6.54 Å². The van der Waals surface area contributed by atoms with Crippen LogP contribution in [-0.4, -0.2) is 16.5 Å². The third-order valence-corrected chi connectivity index (χ3v) is 1.61. The maximum atomic E-state index is 5.40. The van der Waals surface area contributed by atoms with Crippen LogP contribution in [0.2, 0.25) is 0 Å². The minimum Gasteiger partial charge on any atom is -0.346 e. The molecule has 0 aliphatic carbocycles. The van der Waals surface area contributed by atoms with E-state index in [1.807, 2.05) is 6.20 Å². The summed E-state index contributed by atoms with van der Waals surface area (Å²) in [6.07, 6.45) is 2.75. The molecule has 0 aliphatic rings. The Morgan fingerprint density at radius 2 is 2.08 bits per heavy atom. The van der Waals surface area contributed by atoms with E-state index >= 15 is 0 Å². The summed E-state index contributed by atoms with van der Waals surface area (Å²) in [6, 6.07) is 0. The zero-order valence-electron chi connectivity index (χ0n) is 7.91. The van der Waals surface area contributed by atoms with Crippen LogP contribution in [0.1, 0.15) is 31.3 Å². The smallest absolute Gasteiger partial charge is 0.108 e. The van der Waals surface area contributed by atoms with Crippen LogP contribution < -0.4 is 5.73 Å². The van der Waals surface area contributed by atoms with Gasteiger partial charge in [0.1, 0.15) is 5.82 Å². The van der Waals surface area contributed by atoms with Gasteiger partial charge in [0.05, 0.1) is 0 Å². The molecule has 0 amide bonds. The van der Waals surface area contributed by atoms with E-state index < -0.39 is 0 Å². The first-order valence-electron chi connectivity index (χ1n) is 3.98. The molecule has 0 aromatic carbocycles. The van der Waals surface area contributed by atoms with Crippen molar-refractivity contribution in [1.82, 2.24) is 9.97 Å². The molecular weight excluding hydrogens is 209 g/mol. The third-order valence-electron chi connectivity index (χ3n) is 1.61. The Bertz CT molecular complexity index is 223. The van der Waals surface area contributed by atoms with E-state index in [-0.39, 0.29) is 24.8 Å². The summed E-state index contributed by atoms with van der Waals surface area (Å²) in [7, 11) is 0. The van der Waals surface area contributed by atoms with E-state index in [0.29, 0.717) is 12.5 Å². The maximum Gasteiger partial charge on any atom is 0.108 e. The van der Waals surface area contributed by atoms with Crippen molar-refractivity contribution in [2.24, 2.45) is 5.73 Å². The molecule has 0 atom stereocenters. The monoisotopic (exact) mass is 225 g/mol. The predicted molar refractivity (Wildman–Crippen MR) is 59.9 cm³/mol. The largest absolute Gasteiger partial charge is 0.346 e. The summed E-state index contributed by atoms with van der Waals surface area (Å²) in [6.45, 7) is 4.91. The van der Waals surface area contributed by atoms with Gasteiger partial charge in [-0.1, -0.05) is 13.8 Å². The van der Waals surface area contributed by atoms with Crippen LogP contribution in [0.4, 0.5) is 0 Å². The molecular formula is C8H17Cl2N3. The normalized spacial score (nSPS) is 9.23. The maximum absolute atomic E-state index is 5.40. The number of rotatable bonds is 3. The summed E-state index contributed by atoms with van der Waals surface area (Å²) in [5.41, 5.74) is 6.53. The number of imidazole rings is 1. The van der Waals surface area contributed by atoms with Crippen LogP contribution in [0.3, 0.4) is 0 Å². The molecule has 0 saturated heterocycles. The number of H-pyrrole nitrogens is 1. The lowest BCUT2D eigenvalue weighted by Gasteiger charge is -1.97. The highest BCUT2D eigenvalue weighted by Gasteiger charge is 2.02. The van der Waals surface area contributed by atoms with Crippen molar-refractivity contribution in [3.63, 3.8) is 0 Å². The van der Waals surface area contributed by atoms with E-state index in [2.05, 4.69) is 23.8 Å². The molecule has 0 unspecified atom stereocenters. The molecule has 5 heteroatoms. The van der Waals surface area contributed by atoms with Crippen molar-refractivity contribution in [1.29, 1.82) is 0 Å². The average molecular weight is 226 g/mol. The summed E-state index contributed by atoms with van der Waals surface area (Å²) >= 11 is 0. The molecule has 0 bridgehead atoms. The SMILES string of the molecule is CC(C)c1ncc(CCN)[nH]1.Cl.Cl. The highest BCUT2D eigenvalue weighted by Crippen LogP contribution is 2.09. The van der Waals surface area contributed by atoms with Gasteiger partial charge in [-0.25, -0.2) is 4.98 Å². The van der Waals surface area contributed by atoms with E-state index in [1.165, 1.54) is 0 Å². The second kappa shape index (κ2) is 7.18. The number of nitrogens with zero attached hydrogens (tertiary/aromatic N) is 1. The molecule has 0 spiro atoms. The Kier molecular flexibility index (Phi) is 8.42. The van der Waals surface area contributed by atoms with Crippen LogP contribution in [0.15, 0.2) is 6.20 Å². The number of hydrogen-bond acceptors (Lipinski definition) is 2. The van der Waals surface area contributed by atoms with Gasteiger partial charge >= 0.3 is 0 Å². The third kappa shape index (κ3) is 4.50. The molecule has 1 heterocycles. The highest BCUT2D eigenvalue weighted by atomic mass is 35.5. The van der Waals surface area contributed by atoms with Gasteiger partial charge in [-0.15, -0.1) is 24.8 Å². The zero-order valence-corrected chi connectivity index (χ0v) is 9.54. The Labute approximate surface area is 91.3 Å². The number of nitrogens with two attached hydrogens (primary N) is 1. The first-order chi connectivity index (χ1) is 5.24. The Hall–Kier alpha value is -0.250. The average Bonchev–Trinajstić information content (AvgIpc) is 2.37. The molecule has 0 fully saturated rings. The van der Waals surface area contributed by atoms with E-state index in [9.17, 15) is 0 Å². The van der Waals surface area contributed by atoms with Crippen LogP contribution in [0, 0.1) is 0 Å². The van der Waals surface area contributed by atoms with Gasteiger partial charge in [-0.3, -0.25) is 0 Å². The molecule has 1 aromatic rings. The number of halogens is 2. The van der Waals surface area contributed by atoms with Gasteiger partial charge in [0.2, 0.25) is 0 Å². The second-order valence-electron chi connectivity index (χ2n) is 2.99. The van der Waals surface area contributed by atoms with Crippen LogP contribution in [-0.2, 0) is 6.42 Å². The first kappa shape index (κ1) is 15.2. The van der Waals surface area contributed by atoms with Gasteiger partial charge in [-0.2, -0.15) is 0 Å². The molecule has 0 radical (unpaired) electrons. The van der Waals surface area contributed by atoms with Crippen molar-refractivity contribution >= 4 is 24.8 Å². The quantitative estimate of drug-likeness (QED) is 0.826. The lowest BCUT2D eigenvalue weighted by molar-refractivity contribution is 0.786. The summed E-state index contributed by atoms with van der Waals surface area (Å²) in [5, 5.41) is 0. The Morgan fingerprint density at radius 1 is 1.46 bits per heavy atom. The predicted octanol–water partition coefficient (Wildman–Crippen LogP) is 1.88. The van der Waals surface area contributed by atoms with E-state index in [0.717, 1.165) is 17.9 Å². The lowest BCUT2D eigenvalue weighted by Crippen LogP contribution is -2.02.